The van der Waals surface area contributed by atoms with E-state index in [1.54, 1.807) is 37.3 Å². The molecule has 4 amide bonds. The second kappa shape index (κ2) is 17.7. The number of amides is 4. The van der Waals surface area contributed by atoms with Crippen LogP contribution in [0.1, 0.15) is 44.6 Å². The molecule has 0 spiro atoms. The molecule has 1 aromatic carbocycles. The van der Waals surface area contributed by atoms with E-state index in [0.29, 0.717) is 24.9 Å². The summed E-state index contributed by atoms with van der Waals surface area (Å²) in [5.74, 6) is -4.56. The van der Waals surface area contributed by atoms with Gasteiger partial charge in [-0.3, -0.25) is 34.2 Å². The van der Waals surface area contributed by atoms with Gasteiger partial charge >= 0.3 is 5.97 Å². The first-order valence-electron chi connectivity index (χ1n) is 14.8. The molecule has 1 aliphatic heterocycles. The Hall–Kier alpha value is -4.57. The number of hydrogen-bond donors (Lipinski definition) is 10. The molecule has 1 aliphatic rings. The second-order valence-corrected chi connectivity index (χ2v) is 11.1. The molecule has 12 N–H and O–H groups in total. The molecule has 248 valence electrons. The lowest BCUT2D eigenvalue weighted by molar-refractivity contribution is -0.145. The fourth-order valence-corrected chi connectivity index (χ4v) is 5.00. The van der Waals surface area contributed by atoms with Gasteiger partial charge in [0.15, 0.2) is 11.7 Å². The molecule has 2 rings (SSSR count). The van der Waals surface area contributed by atoms with Gasteiger partial charge in [-0.05, 0) is 51.8 Å². The van der Waals surface area contributed by atoms with Crippen molar-refractivity contribution in [3.63, 3.8) is 0 Å². The van der Waals surface area contributed by atoms with Gasteiger partial charge in [-0.2, -0.15) is 0 Å². The summed E-state index contributed by atoms with van der Waals surface area (Å²) in [6.45, 7) is 1.76. The summed E-state index contributed by atoms with van der Waals surface area (Å²) in [6.07, 6.45) is 0.737. The Balaban J connectivity index is 2.32. The summed E-state index contributed by atoms with van der Waals surface area (Å²) in [7, 11) is 1.42. The predicted molar refractivity (Wildman–Crippen MR) is 165 cm³/mol. The highest BCUT2D eigenvalue weighted by Gasteiger charge is 2.49. The third-order valence-corrected chi connectivity index (χ3v) is 7.75. The third-order valence-electron chi connectivity index (χ3n) is 7.75. The van der Waals surface area contributed by atoms with Gasteiger partial charge in [-0.15, -0.1) is 0 Å². The minimum atomic E-state index is -1.33. The van der Waals surface area contributed by atoms with Crippen molar-refractivity contribution in [2.75, 3.05) is 26.7 Å². The van der Waals surface area contributed by atoms with E-state index in [-0.39, 0.29) is 44.1 Å². The van der Waals surface area contributed by atoms with E-state index in [2.05, 4.69) is 31.9 Å². The molecule has 0 bridgehead atoms. The van der Waals surface area contributed by atoms with Crippen molar-refractivity contribution in [3.05, 3.63) is 35.9 Å². The number of carbonyl (C=O) groups is 6. The Labute approximate surface area is 261 Å². The number of carboxylic acids is 1. The molecule has 1 aromatic rings. The maximum Gasteiger partial charge on any atom is 0.305 e. The van der Waals surface area contributed by atoms with Crippen LogP contribution in [0.3, 0.4) is 0 Å². The average molecular weight is 632 g/mol. The van der Waals surface area contributed by atoms with E-state index in [0.717, 1.165) is 0 Å². The minimum absolute atomic E-state index is 0.0415. The highest BCUT2D eigenvalue weighted by molar-refractivity contribution is 6.03. The quantitative estimate of drug-likeness (QED) is 0.0458. The van der Waals surface area contributed by atoms with E-state index in [9.17, 15) is 33.9 Å². The van der Waals surface area contributed by atoms with Crippen molar-refractivity contribution in [1.82, 2.24) is 31.9 Å². The summed E-state index contributed by atoms with van der Waals surface area (Å²) >= 11 is 0. The van der Waals surface area contributed by atoms with E-state index < -0.39 is 65.6 Å². The van der Waals surface area contributed by atoms with Crippen LogP contribution < -0.4 is 43.4 Å². The Morgan fingerprint density at radius 2 is 1.69 bits per heavy atom. The Bertz CT molecular complexity index is 1230. The number of ketones is 1. The molecule has 45 heavy (non-hydrogen) atoms. The molecule has 1 fully saturated rings. The lowest BCUT2D eigenvalue weighted by Crippen LogP contribution is -2.66. The number of nitrogens with one attached hydrogen (secondary N) is 7. The van der Waals surface area contributed by atoms with Crippen LogP contribution >= 0.6 is 0 Å². The standard InChI is InChI=1S/C29H45N9O7/c1-29(11-13-34-28(31)32)21(39)16-35-27(45)23(29)38-24(42)18(10-6-7-12-30)36-26(44)20(14-17-8-4-3-5-9-17)37-25(43)19(33-2)15-22(40)41/h3-5,8-9,18-20,23,33H,6-7,10-16,30H2,1-2H3,(H,35,45)(H,36,44)(H,37,43)(H,38,42)(H,40,41)(H4,31,32,34)/t18-,19-,20+,23+,29?/m0/s1. The van der Waals surface area contributed by atoms with E-state index >= 15 is 0 Å². The largest absolute Gasteiger partial charge is 0.481 e. The highest BCUT2D eigenvalue weighted by Crippen LogP contribution is 2.30. The number of unbranched alkanes of at least 4 members (excludes halogenated alkanes) is 1. The number of carboxylic acid groups (broad SMARTS) is 1. The zero-order valence-corrected chi connectivity index (χ0v) is 25.6. The molecule has 0 radical (unpaired) electrons. The maximum atomic E-state index is 13.7. The number of likely N-dealkylation sites (N-methyl/N-ethyl adjacent to an activating group) is 1. The topological polar surface area (TPSA) is 271 Å². The van der Waals surface area contributed by atoms with Crippen LogP contribution in [0.5, 0.6) is 0 Å². The molecule has 1 saturated heterocycles. The van der Waals surface area contributed by atoms with Crippen LogP contribution in [-0.4, -0.2) is 97.3 Å². The monoisotopic (exact) mass is 631 g/mol. The van der Waals surface area contributed by atoms with Crippen LogP contribution in [0.15, 0.2) is 30.3 Å². The first-order valence-corrected chi connectivity index (χ1v) is 14.8. The zero-order valence-electron chi connectivity index (χ0n) is 25.6. The second-order valence-electron chi connectivity index (χ2n) is 11.1. The van der Waals surface area contributed by atoms with Gasteiger partial charge in [0.2, 0.25) is 23.6 Å². The third kappa shape index (κ3) is 11.1. The summed E-state index contributed by atoms with van der Waals surface area (Å²) in [6, 6.07) is 4.08. The molecular formula is C29H45N9O7. The summed E-state index contributed by atoms with van der Waals surface area (Å²) < 4.78 is 0. The number of benzene rings is 1. The lowest BCUT2D eigenvalue weighted by Gasteiger charge is -2.40. The van der Waals surface area contributed by atoms with Crippen LogP contribution in [0.2, 0.25) is 0 Å². The van der Waals surface area contributed by atoms with E-state index in [1.807, 2.05) is 0 Å². The van der Waals surface area contributed by atoms with Crippen molar-refractivity contribution in [2.45, 2.75) is 69.6 Å². The van der Waals surface area contributed by atoms with Crippen molar-refractivity contribution >= 4 is 41.3 Å². The Kier molecular flexibility index (Phi) is 14.4. The number of nitrogens with two attached hydrogens (primary N) is 2. The van der Waals surface area contributed by atoms with Gasteiger partial charge in [-0.1, -0.05) is 30.3 Å². The molecular weight excluding hydrogens is 586 g/mol. The summed E-state index contributed by atoms with van der Waals surface area (Å²) in [4.78, 5) is 77.4. The first kappa shape index (κ1) is 36.6. The summed E-state index contributed by atoms with van der Waals surface area (Å²) in [5, 5.41) is 32.2. The number of guanidine groups is 1. The molecule has 0 aliphatic carbocycles. The maximum absolute atomic E-state index is 13.7. The fraction of sp³-hybridized carbons (Fsp3) is 0.552. The molecule has 16 heteroatoms. The zero-order chi connectivity index (χ0) is 33.6. The SMILES string of the molecule is CN[C@@H](CC(=O)O)C(=O)N[C@H](Cc1ccccc1)C(=O)N[C@@H](CCCCN)C(=O)N[C@@H]1C(=O)NCC(=O)C1(C)CCNC(=N)N. The predicted octanol–water partition coefficient (Wildman–Crippen LogP) is -2.55. The van der Waals surface area contributed by atoms with Crippen molar-refractivity contribution in [2.24, 2.45) is 16.9 Å². The van der Waals surface area contributed by atoms with E-state index in [1.165, 1.54) is 7.05 Å². The van der Waals surface area contributed by atoms with Gasteiger partial charge in [-0.25, -0.2) is 0 Å². The molecule has 1 heterocycles. The number of piperidine rings is 1. The van der Waals surface area contributed by atoms with Crippen LogP contribution in [0.4, 0.5) is 0 Å². The van der Waals surface area contributed by atoms with Gasteiger partial charge < -0.3 is 48.5 Å². The number of carbonyl (C=O) groups excluding carboxylic acids is 5. The highest BCUT2D eigenvalue weighted by atomic mass is 16.4. The molecule has 0 saturated carbocycles. The summed E-state index contributed by atoms with van der Waals surface area (Å²) in [5.41, 5.74) is 10.4. The average Bonchev–Trinajstić information content (AvgIpc) is 2.99. The molecule has 5 atom stereocenters. The number of aliphatic carboxylic acids is 1. The first-order chi connectivity index (χ1) is 21.3. The molecule has 16 nitrogen and oxygen atoms in total. The number of rotatable bonds is 18. The van der Waals surface area contributed by atoms with Crippen molar-refractivity contribution in [3.8, 4) is 0 Å². The van der Waals surface area contributed by atoms with E-state index in [4.69, 9.17) is 16.9 Å². The van der Waals surface area contributed by atoms with Crippen LogP contribution in [-0.2, 0) is 35.2 Å². The van der Waals surface area contributed by atoms with Crippen LogP contribution in [0.25, 0.3) is 0 Å². The minimum Gasteiger partial charge on any atom is -0.481 e. The number of Topliss-reactive ketones (excluding diaryl/α,β-unsaturated/α-hetero) is 1. The number of hydrogen-bond acceptors (Lipinski definition) is 9. The smallest absolute Gasteiger partial charge is 0.305 e. The molecule has 0 aromatic heterocycles. The van der Waals surface area contributed by atoms with Gasteiger partial charge in [0.25, 0.3) is 0 Å². The van der Waals surface area contributed by atoms with Gasteiger partial charge in [0.05, 0.1) is 24.4 Å². The van der Waals surface area contributed by atoms with Gasteiger partial charge in [0, 0.05) is 13.0 Å². The normalized spacial score (nSPS) is 19.8. The lowest BCUT2D eigenvalue weighted by atomic mass is 9.72. The Morgan fingerprint density at radius 1 is 1.04 bits per heavy atom. The van der Waals surface area contributed by atoms with Crippen LogP contribution in [0, 0.1) is 10.8 Å². The molecule has 1 unspecified atom stereocenters. The van der Waals surface area contributed by atoms with Crippen molar-refractivity contribution in [1.29, 1.82) is 5.41 Å². The van der Waals surface area contributed by atoms with Crippen molar-refractivity contribution < 1.29 is 33.9 Å². The van der Waals surface area contributed by atoms with Gasteiger partial charge in [0.1, 0.15) is 18.1 Å². The fourth-order valence-electron chi connectivity index (χ4n) is 5.00. The Morgan fingerprint density at radius 3 is 2.29 bits per heavy atom.